The first-order chi connectivity index (χ1) is 18.8. The first-order valence-corrected chi connectivity index (χ1v) is 12.9. The van der Waals surface area contributed by atoms with Crippen molar-refractivity contribution in [2.75, 3.05) is 19.6 Å². The number of urea groups is 1. The smallest absolute Gasteiger partial charge is 0.341 e. The topological polar surface area (TPSA) is 144 Å². The predicted octanol–water partition coefficient (Wildman–Crippen LogP) is 3.19. The van der Waals surface area contributed by atoms with E-state index >= 15 is 0 Å². The Morgan fingerprint density at radius 1 is 0.925 bits per heavy atom. The van der Waals surface area contributed by atoms with Gasteiger partial charge in [-0.15, -0.1) is 0 Å². The standard InChI is InChI=1S/C29H35N5O5.CH4/c1-3-21-7-9-22(10-8-21)23-11-13-24(14-12-23)27(36)33-26(20(2)35)28(37)31-18-19-34(39)29(38)32-17-15-25-6-4-5-16-30-25;/h4-14,16,20,26,35,39H,3,15,17-19H2,1-2H3,(H,31,37)(H,32,38)(H,33,36);1H4/t20-,26+;/m1./s1. The largest absolute Gasteiger partial charge is 0.391 e. The number of aliphatic hydroxyl groups is 1. The van der Waals surface area contributed by atoms with E-state index in [1.807, 2.05) is 36.4 Å². The molecule has 0 spiro atoms. The van der Waals surface area contributed by atoms with Crippen molar-refractivity contribution in [1.82, 2.24) is 26.0 Å². The summed E-state index contributed by atoms with van der Waals surface area (Å²) in [4.78, 5) is 41.6. The van der Waals surface area contributed by atoms with Crippen molar-refractivity contribution >= 4 is 17.8 Å². The van der Waals surface area contributed by atoms with Crippen LogP contribution in [0.5, 0.6) is 0 Å². The van der Waals surface area contributed by atoms with Gasteiger partial charge >= 0.3 is 6.03 Å². The van der Waals surface area contributed by atoms with Crippen molar-refractivity contribution in [1.29, 1.82) is 0 Å². The highest BCUT2D eigenvalue weighted by molar-refractivity contribution is 5.98. The van der Waals surface area contributed by atoms with Crippen molar-refractivity contribution in [2.45, 2.75) is 46.3 Å². The molecular weight excluding hydrogens is 510 g/mol. The molecular formula is C30H39N5O5. The van der Waals surface area contributed by atoms with Crippen LogP contribution in [-0.4, -0.2) is 70.0 Å². The maximum Gasteiger partial charge on any atom is 0.341 e. The summed E-state index contributed by atoms with van der Waals surface area (Å²) in [5.74, 6) is -1.16. The molecule has 2 aromatic carbocycles. The van der Waals surface area contributed by atoms with Gasteiger partial charge in [-0.25, -0.2) is 9.86 Å². The highest BCUT2D eigenvalue weighted by Crippen LogP contribution is 2.20. The number of amides is 4. The zero-order chi connectivity index (χ0) is 28.2. The van der Waals surface area contributed by atoms with E-state index in [4.69, 9.17) is 0 Å². The van der Waals surface area contributed by atoms with Gasteiger partial charge < -0.3 is 21.1 Å². The van der Waals surface area contributed by atoms with Crippen LogP contribution in [0.1, 0.15) is 42.9 Å². The second kappa shape index (κ2) is 16.0. The Labute approximate surface area is 235 Å². The molecule has 0 radical (unpaired) electrons. The average molecular weight is 550 g/mol. The maximum atomic E-state index is 12.8. The van der Waals surface area contributed by atoms with E-state index in [0.717, 1.165) is 23.2 Å². The van der Waals surface area contributed by atoms with Gasteiger partial charge in [0.15, 0.2) is 0 Å². The van der Waals surface area contributed by atoms with Crippen molar-refractivity contribution in [3.8, 4) is 11.1 Å². The van der Waals surface area contributed by atoms with Gasteiger partial charge in [-0.2, -0.15) is 0 Å². The lowest BCUT2D eigenvalue weighted by Gasteiger charge is -2.22. The van der Waals surface area contributed by atoms with E-state index in [1.54, 1.807) is 24.4 Å². The molecule has 214 valence electrons. The molecule has 0 aliphatic rings. The van der Waals surface area contributed by atoms with Crippen molar-refractivity contribution in [3.63, 3.8) is 0 Å². The van der Waals surface area contributed by atoms with E-state index in [-0.39, 0.29) is 27.1 Å². The summed E-state index contributed by atoms with van der Waals surface area (Å²) in [6.45, 7) is 3.48. The van der Waals surface area contributed by atoms with E-state index in [1.165, 1.54) is 12.5 Å². The Hall–Kier alpha value is -4.28. The highest BCUT2D eigenvalue weighted by Gasteiger charge is 2.26. The van der Waals surface area contributed by atoms with Crippen LogP contribution in [0.15, 0.2) is 72.9 Å². The van der Waals surface area contributed by atoms with Crippen molar-refractivity contribution < 1.29 is 24.7 Å². The summed E-state index contributed by atoms with van der Waals surface area (Å²) in [6, 6.07) is 18.7. The summed E-state index contributed by atoms with van der Waals surface area (Å²) >= 11 is 0. The third kappa shape index (κ3) is 9.48. The van der Waals surface area contributed by atoms with Gasteiger partial charge in [0.05, 0.1) is 12.6 Å². The summed E-state index contributed by atoms with van der Waals surface area (Å²) < 4.78 is 0. The minimum Gasteiger partial charge on any atom is -0.391 e. The van der Waals surface area contributed by atoms with Crippen LogP contribution >= 0.6 is 0 Å². The lowest BCUT2D eigenvalue weighted by molar-refractivity contribution is -0.125. The summed E-state index contributed by atoms with van der Waals surface area (Å²) in [7, 11) is 0. The fourth-order valence-electron chi connectivity index (χ4n) is 3.81. The van der Waals surface area contributed by atoms with Gasteiger partial charge in [-0.3, -0.25) is 19.8 Å². The van der Waals surface area contributed by atoms with Crippen LogP contribution < -0.4 is 16.0 Å². The van der Waals surface area contributed by atoms with Gasteiger partial charge in [0.2, 0.25) is 5.91 Å². The monoisotopic (exact) mass is 549 g/mol. The van der Waals surface area contributed by atoms with Gasteiger partial charge in [0.25, 0.3) is 5.91 Å². The second-order valence-corrected chi connectivity index (χ2v) is 9.04. The Morgan fingerprint density at radius 2 is 1.57 bits per heavy atom. The molecule has 0 saturated heterocycles. The molecule has 3 rings (SSSR count). The normalized spacial score (nSPS) is 11.9. The summed E-state index contributed by atoms with van der Waals surface area (Å²) in [5, 5.41) is 28.1. The van der Waals surface area contributed by atoms with E-state index in [9.17, 15) is 24.7 Å². The van der Waals surface area contributed by atoms with Gasteiger partial charge in [0.1, 0.15) is 6.04 Å². The fourth-order valence-corrected chi connectivity index (χ4v) is 3.81. The summed E-state index contributed by atoms with van der Waals surface area (Å²) in [6.07, 6.45) is 1.94. The molecule has 3 aromatic rings. The number of carbonyl (C=O) groups is 3. The minimum atomic E-state index is -1.22. The fraction of sp³-hybridized carbons (Fsp3) is 0.333. The third-order valence-corrected chi connectivity index (χ3v) is 6.13. The lowest BCUT2D eigenvalue weighted by Crippen LogP contribution is -2.53. The number of rotatable bonds is 12. The van der Waals surface area contributed by atoms with Gasteiger partial charge in [0, 0.05) is 37.0 Å². The van der Waals surface area contributed by atoms with E-state index in [0.29, 0.717) is 17.0 Å². The Morgan fingerprint density at radius 3 is 2.15 bits per heavy atom. The van der Waals surface area contributed by atoms with Crippen molar-refractivity contribution in [2.24, 2.45) is 0 Å². The Bertz CT molecular complexity index is 1220. The predicted molar refractivity (Wildman–Crippen MR) is 154 cm³/mol. The number of aryl methyl sites for hydroxylation is 1. The van der Waals surface area contributed by atoms with E-state index < -0.39 is 30.0 Å². The third-order valence-electron chi connectivity index (χ3n) is 6.13. The number of aliphatic hydroxyl groups excluding tert-OH is 1. The number of hydrogen-bond acceptors (Lipinski definition) is 6. The Balaban J connectivity index is 0.00000560. The second-order valence-electron chi connectivity index (χ2n) is 9.04. The first-order valence-electron chi connectivity index (χ1n) is 12.9. The molecule has 0 unspecified atom stereocenters. The number of carbonyl (C=O) groups excluding carboxylic acids is 3. The zero-order valence-corrected chi connectivity index (χ0v) is 22.1. The molecule has 10 nitrogen and oxygen atoms in total. The molecule has 0 aliphatic carbocycles. The Kier molecular flexibility index (Phi) is 12.7. The molecule has 1 heterocycles. The number of benzene rings is 2. The molecule has 1 aromatic heterocycles. The number of aromatic nitrogens is 1. The van der Waals surface area contributed by atoms with Crippen LogP contribution in [0.4, 0.5) is 4.79 Å². The molecule has 10 heteroatoms. The molecule has 0 fully saturated rings. The molecule has 0 aliphatic heterocycles. The first kappa shape index (κ1) is 31.9. The average Bonchev–Trinajstić information content (AvgIpc) is 2.96. The van der Waals surface area contributed by atoms with Crippen LogP contribution in [0, 0.1) is 0 Å². The molecule has 4 amide bonds. The number of hydroxylamine groups is 2. The quantitative estimate of drug-likeness (QED) is 0.173. The number of nitrogens with zero attached hydrogens (tertiary/aromatic N) is 2. The molecule has 2 atom stereocenters. The van der Waals surface area contributed by atoms with Gasteiger partial charge in [-0.1, -0.05) is 56.8 Å². The van der Waals surface area contributed by atoms with Gasteiger partial charge in [-0.05, 0) is 54.3 Å². The molecule has 40 heavy (non-hydrogen) atoms. The van der Waals surface area contributed by atoms with Crippen LogP contribution in [0.25, 0.3) is 11.1 Å². The van der Waals surface area contributed by atoms with Crippen molar-refractivity contribution in [3.05, 3.63) is 89.7 Å². The molecule has 0 saturated carbocycles. The van der Waals surface area contributed by atoms with Crippen LogP contribution in [0.3, 0.4) is 0 Å². The SMILES string of the molecule is C.CCc1ccc(-c2ccc(C(=O)N[C@H](C(=O)NCCN(O)C(=O)NCCc3ccccn3)[C@@H](C)O)cc2)cc1. The molecule has 5 N–H and O–H groups in total. The highest BCUT2D eigenvalue weighted by atomic mass is 16.5. The van der Waals surface area contributed by atoms with Crippen LogP contribution in [-0.2, 0) is 17.6 Å². The van der Waals surface area contributed by atoms with E-state index in [2.05, 4.69) is 40.0 Å². The van der Waals surface area contributed by atoms with Crippen LogP contribution in [0.2, 0.25) is 0 Å². The maximum absolute atomic E-state index is 12.8. The lowest BCUT2D eigenvalue weighted by atomic mass is 10.0. The number of pyridine rings is 1. The number of hydrogen-bond donors (Lipinski definition) is 5. The molecule has 0 bridgehead atoms. The minimum absolute atomic E-state index is 0. The number of nitrogens with one attached hydrogen (secondary N) is 3. The summed E-state index contributed by atoms with van der Waals surface area (Å²) in [5.41, 5.74) is 4.36. The zero-order valence-electron chi connectivity index (χ0n) is 22.1.